The smallest absolute Gasteiger partial charge is 0.234 e. The second-order valence-electron chi connectivity index (χ2n) is 5.69. The lowest BCUT2D eigenvalue weighted by Gasteiger charge is -2.26. The highest BCUT2D eigenvalue weighted by atomic mass is 32.1. The predicted octanol–water partition coefficient (Wildman–Crippen LogP) is 2.35. The molecule has 0 radical (unpaired) electrons. The highest BCUT2D eigenvalue weighted by molar-refractivity contribution is 7.10. The summed E-state index contributed by atoms with van der Waals surface area (Å²) in [4.78, 5) is 15.2. The zero-order chi connectivity index (χ0) is 17.5. The fourth-order valence-corrected chi connectivity index (χ4v) is 3.33. The molecule has 2 rings (SSSR count). The number of hydrogen-bond donors (Lipinski definition) is 2. The summed E-state index contributed by atoms with van der Waals surface area (Å²) in [6.45, 7) is 2.75. The van der Waals surface area contributed by atoms with Gasteiger partial charge in [0.05, 0.1) is 32.8 Å². The third-order valence-electron chi connectivity index (χ3n) is 4.01. The molecule has 0 aliphatic carbocycles. The Morgan fingerprint density at radius 1 is 1.33 bits per heavy atom. The van der Waals surface area contributed by atoms with E-state index in [1.807, 2.05) is 54.6 Å². The third kappa shape index (κ3) is 4.80. The Morgan fingerprint density at radius 3 is 2.58 bits per heavy atom. The number of nitrogens with zero attached hydrogens (tertiary/aromatic N) is 1. The molecule has 0 saturated heterocycles. The Morgan fingerprint density at radius 2 is 2.04 bits per heavy atom. The molecule has 1 heterocycles. The van der Waals surface area contributed by atoms with Gasteiger partial charge in [0, 0.05) is 4.88 Å². The minimum Gasteiger partial charge on any atom is -0.497 e. The summed E-state index contributed by atoms with van der Waals surface area (Å²) in [7, 11) is 3.45. The van der Waals surface area contributed by atoms with E-state index in [4.69, 9.17) is 4.74 Å². The molecule has 1 atom stereocenters. The average Bonchev–Trinajstić information content (AvgIpc) is 2.99. The van der Waals surface area contributed by atoms with E-state index < -0.39 is 0 Å². The van der Waals surface area contributed by atoms with Crippen LogP contribution in [-0.2, 0) is 11.3 Å². The van der Waals surface area contributed by atoms with Crippen LogP contribution in [0.15, 0.2) is 35.7 Å². The first kappa shape index (κ1) is 18.4. The van der Waals surface area contributed by atoms with Crippen LogP contribution in [-0.4, -0.2) is 43.2 Å². The van der Waals surface area contributed by atoms with E-state index in [1.54, 1.807) is 18.4 Å². The molecule has 0 spiro atoms. The van der Waals surface area contributed by atoms with Gasteiger partial charge in [-0.05, 0) is 48.7 Å². The van der Waals surface area contributed by atoms with Crippen molar-refractivity contribution >= 4 is 17.2 Å². The largest absolute Gasteiger partial charge is 0.497 e. The van der Waals surface area contributed by atoms with Crippen molar-refractivity contribution in [2.45, 2.75) is 19.5 Å². The zero-order valence-electron chi connectivity index (χ0n) is 14.3. The molecule has 0 aliphatic rings. The molecule has 1 aromatic carbocycles. The Labute approximate surface area is 146 Å². The van der Waals surface area contributed by atoms with Gasteiger partial charge < -0.3 is 15.2 Å². The van der Waals surface area contributed by atoms with Crippen LogP contribution in [0.1, 0.15) is 22.0 Å². The van der Waals surface area contributed by atoms with Gasteiger partial charge in [0.15, 0.2) is 0 Å². The Balaban J connectivity index is 1.91. The first-order chi connectivity index (χ1) is 11.5. The van der Waals surface area contributed by atoms with Gasteiger partial charge in [-0.25, -0.2) is 0 Å². The first-order valence-electron chi connectivity index (χ1n) is 7.80. The summed E-state index contributed by atoms with van der Waals surface area (Å²) in [5.74, 6) is 0.708. The van der Waals surface area contributed by atoms with Crippen LogP contribution in [0.5, 0.6) is 5.75 Å². The van der Waals surface area contributed by atoms with Crippen molar-refractivity contribution in [2.24, 2.45) is 0 Å². The predicted molar refractivity (Wildman–Crippen MR) is 96.4 cm³/mol. The molecule has 1 amide bonds. The van der Waals surface area contributed by atoms with Gasteiger partial charge in [-0.15, -0.1) is 11.3 Å². The van der Waals surface area contributed by atoms with Gasteiger partial charge in [0.1, 0.15) is 5.75 Å². The number of carbonyl (C=O) groups excluding carboxylic acids is 1. The number of methoxy groups -OCH3 is 1. The zero-order valence-corrected chi connectivity index (χ0v) is 15.1. The van der Waals surface area contributed by atoms with E-state index in [-0.39, 0.29) is 25.1 Å². The van der Waals surface area contributed by atoms with E-state index in [0.29, 0.717) is 6.54 Å². The monoisotopic (exact) mass is 348 g/mol. The van der Waals surface area contributed by atoms with Crippen LogP contribution >= 0.6 is 11.3 Å². The van der Waals surface area contributed by atoms with Gasteiger partial charge in [-0.1, -0.05) is 12.1 Å². The van der Waals surface area contributed by atoms with E-state index in [0.717, 1.165) is 11.3 Å². The minimum absolute atomic E-state index is 0.0554. The van der Waals surface area contributed by atoms with Gasteiger partial charge in [-0.2, -0.15) is 0 Å². The molecule has 2 N–H and O–H groups in total. The van der Waals surface area contributed by atoms with Gasteiger partial charge >= 0.3 is 0 Å². The van der Waals surface area contributed by atoms with Crippen molar-refractivity contribution in [3.05, 3.63) is 51.7 Å². The van der Waals surface area contributed by atoms with Crippen LogP contribution in [0, 0.1) is 6.92 Å². The second-order valence-corrected chi connectivity index (χ2v) is 6.69. The van der Waals surface area contributed by atoms with Crippen molar-refractivity contribution in [2.75, 3.05) is 27.3 Å². The summed E-state index contributed by atoms with van der Waals surface area (Å²) in [6.07, 6.45) is 0. The Kier molecular flexibility index (Phi) is 6.78. The molecule has 130 valence electrons. The number of thiophene rings is 1. The van der Waals surface area contributed by atoms with Crippen LogP contribution < -0.4 is 10.1 Å². The molecule has 0 bridgehead atoms. The van der Waals surface area contributed by atoms with E-state index in [1.165, 1.54) is 10.4 Å². The maximum absolute atomic E-state index is 12.2. The molecule has 0 fully saturated rings. The van der Waals surface area contributed by atoms with E-state index in [9.17, 15) is 9.90 Å². The van der Waals surface area contributed by atoms with Crippen LogP contribution in [0.2, 0.25) is 0 Å². The number of hydrogen-bond acceptors (Lipinski definition) is 5. The Hall–Kier alpha value is -1.89. The molecule has 24 heavy (non-hydrogen) atoms. The number of nitrogens with one attached hydrogen (secondary N) is 1. The lowest BCUT2D eigenvalue weighted by atomic mass is 10.1. The maximum atomic E-state index is 12.2. The van der Waals surface area contributed by atoms with Crippen molar-refractivity contribution in [1.29, 1.82) is 0 Å². The van der Waals surface area contributed by atoms with Crippen LogP contribution in [0.25, 0.3) is 0 Å². The number of aliphatic hydroxyl groups excluding tert-OH is 1. The second kappa shape index (κ2) is 8.82. The Bertz CT molecular complexity index is 655. The molecule has 6 heteroatoms. The minimum atomic E-state index is -0.231. The molecule has 2 aromatic rings. The molecular weight excluding hydrogens is 324 g/mol. The number of ether oxygens (including phenoxy) is 1. The molecular formula is C18H24N2O3S. The highest BCUT2D eigenvalue weighted by Gasteiger charge is 2.18. The van der Waals surface area contributed by atoms with Crippen LogP contribution in [0.4, 0.5) is 0 Å². The summed E-state index contributed by atoms with van der Waals surface area (Å²) in [6, 6.07) is 9.33. The normalized spacial score (nSPS) is 12.2. The molecule has 0 aliphatic heterocycles. The number of aliphatic hydroxyl groups is 1. The fourth-order valence-electron chi connectivity index (χ4n) is 2.48. The SMILES string of the molecule is COc1ccc(C(CO)N(C)CC(=O)NCc2sccc2C)cc1. The lowest BCUT2D eigenvalue weighted by molar-refractivity contribution is -0.122. The van der Waals surface area contributed by atoms with Crippen molar-refractivity contribution < 1.29 is 14.6 Å². The summed E-state index contributed by atoms with van der Waals surface area (Å²) >= 11 is 1.64. The molecule has 5 nitrogen and oxygen atoms in total. The average molecular weight is 348 g/mol. The van der Waals surface area contributed by atoms with Gasteiger partial charge in [0.2, 0.25) is 5.91 Å². The topological polar surface area (TPSA) is 61.8 Å². The first-order valence-corrected chi connectivity index (χ1v) is 8.67. The number of amides is 1. The van der Waals surface area contributed by atoms with E-state index >= 15 is 0 Å². The highest BCUT2D eigenvalue weighted by Crippen LogP contribution is 2.21. The van der Waals surface area contributed by atoms with Gasteiger partial charge in [-0.3, -0.25) is 9.69 Å². The third-order valence-corrected chi connectivity index (χ3v) is 5.04. The number of benzene rings is 1. The number of likely N-dealkylation sites (N-methyl/N-ethyl adjacent to an activating group) is 1. The number of rotatable bonds is 8. The van der Waals surface area contributed by atoms with Crippen molar-refractivity contribution in [3.8, 4) is 5.75 Å². The summed E-state index contributed by atoms with van der Waals surface area (Å²) in [5.41, 5.74) is 2.14. The fraction of sp³-hybridized carbons (Fsp3) is 0.389. The van der Waals surface area contributed by atoms with Gasteiger partial charge in [0.25, 0.3) is 0 Å². The molecule has 1 aromatic heterocycles. The van der Waals surface area contributed by atoms with Crippen molar-refractivity contribution in [1.82, 2.24) is 10.2 Å². The molecule has 0 saturated carbocycles. The maximum Gasteiger partial charge on any atom is 0.234 e. The van der Waals surface area contributed by atoms with Crippen molar-refractivity contribution in [3.63, 3.8) is 0 Å². The molecule has 1 unspecified atom stereocenters. The number of carbonyl (C=O) groups is 1. The standard InChI is InChI=1S/C18H24N2O3S/c1-13-8-9-24-17(13)10-19-18(22)11-20(2)16(12-21)14-4-6-15(23-3)7-5-14/h4-9,16,21H,10-12H2,1-3H3,(H,19,22). The van der Waals surface area contributed by atoms with Crippen LogP contribution in [0.3, 0.4) is 0 Å². The van der Waals surface area contributed by atoms with E-state index in [2.05, 4.69) is 5.32 Å². The lowest BCUT2D eigenvalue weighted by Crippen LogP contribution is -2.37. The number of aryl methyl sites for hydroxylation is 1. The summed E-state index contributed by atoms with van der Waals surface area (Å²) < 4.78 is 5.15. The summed E-state index contributed by atoms with van der Waals surface area (Å²) in [5, 5.41) is 14.7. The quantitative estimate of drug-likeness (QED) is 0.769.